The van der Waals surface area contributed by atoms with Gasteiger partial charge in [0.2, 0.25) is 0 Å². The molecule has 0 spiro atoms. The summed E-state index contributed by atoms with van der Waals surface area (Å²) in [6.45, 7) is 0. The number of allylic oxidation sites excluding steroid dienone is 1. The lowest BCUT2D eigenvalue weighted by Gasteiger charge is -2.17. The van der Waals surface area contributed by atoms with Gasteiger partial charge in [-0.3, -0.25) is 4.98 Å². The van der Waals surface area contributed by atoms with Crippen molar-refractivity contribution in [2.75, 3.05) is 0 Å². The van der Waals surface area contributed by atoms with Crippen LogP contribution in [0.3, 0.4) is 0 Å². The molecule has 0 radical (unpaired) electrons. The van der Waals surface area contributed by atoms with E-state index in [0.717, 1.165) is 11.4 Å². The molecule has 0 N–H and O–H groups in total. The van der Waals surface area contributed by atoms with Gasteiger partial charge < -0.3 is 0 Å². The summed E-state index contributed by atoms with van der Waals surface area (Å²) in [4.78, 5) is 4.49. The predicted molar refractivity (Wildman–Crippen MR) is 77.4 cm³/mol. The SMILES string of the molecule is C(=C\C1CCCCC1)/c1cnc2ccccc2c1. The lowest BCUT2D eigenvalue weighted by Crippen LogP contribution is -2.02. The second-order valence-corrected chi connectivity index (χ2v) is 5.22. The van der Waals surface area contributed by atoms with E-state index in [0.29, 0.717) is 0 Å². The van der Waals surface area contributed by atoms with Crippen LogP contribution < -0.4 is 0 Å². The first-order valence-corrected chi connectivity index (χ1v) is 6.95. The van der Waals surface area contributed by atoms with Crippen LogP contribution in [-0.2, 0) is 0 Å². The summed E-state index contributed by atoms with van der Waals surface area (Å²) >= 11 is 0. The monoisotopic (exact) mass is 237 g/mol. The van der Waals surface area contributed by atoms with Gasteiger partial charge in [-0.05, 0) is 36.5 Å². The summed E-state index contributed by atoms with van der Waals surface area (Å²) in [5.41, 5.74) is 2.30. The maximum atomic E-state index is 4.49. The van der Waals surface area contributed by atoms with Crippen LogP contribution in [0.25, 0.3) is 17.0 Å². The van der Waals surface area contributed by atoms with Gasteiger partial charge in [0.25, 0.3) is 0 Å². The van der Waals surface area contributed by atoms with E-state index < -0.39 is 0 Å². The molecule has 1 heteroatoms. The van der Waals surface area contributed by atoms with E-state index in [1.54, 1.807) is 0 Å². The predicted octanol–water partition coefficient (Wildman–Crippen LogP) is 4.83. The van der Waals surface area contributed by atoms with Crippen LogP contribution in [-0.4, -0.2) is 4.98 Å². The fourth-order valence-electron chi connectivity index (χ4n) is 2.75. The molecule has 3 rings (SSSR count). The summed E-state index contributed by atoms with van der Waals surface area (Å²) in [7, 11) is 0. The fourth-order valence-corrected chi connectivity index (χ4v) is 2.75. The molecular formula is C17H19N. The quantitative estimate of drug-likeness (QED) is 0.729. The molecule has 1 aromatic carbocycles. The number of nitrogens with zero attached hydrogens (tertiary/aromatic N) is 1. The molecular weight excluding hydrogens is 218 g/mol. The molecule has 1 aromatic heterocycles. The van der Waals surface area contributed by atoms with Gasteiger partial charge in [0.1, 0.15) is 0 Å². The third kappa shape index (κ3) is 2.61. The molecule has 0 atom stereocenters. The average Bonchev–Trinajstić information content (AvgIpc) is 2.46. The summed E-state index contributed by atoms with van der Waals surface area (Å²) in [6, 6.07) is 10.5. The number of hydrogen-bond donors (Lipinski definition) is 0. The Morgan fingerprint density at radius 2 is 1.89 bits per heavy atom. The summed E-state index contributed by atoms with van der Waals surface area (Å²) in [5.74, 6) is 0.783. The summed E-state index contributed by atoms with van der Waals surface area (Å²) < 4.78 is 0. The Bertz CT molecular complexity index is 550. The van der Waals surface area contributed by atoms with E-state index in [2.05, 4.69) is 41.4 Å². The zero-order chi connectivity index (χ0) is 12.2. The van der Waals surface area contributed by atoms with Crippen LogP contribution in [0, 0.1) is 5.92 Å². The smallest absolute Gasteiger partial charge is 0.0702 e. The van der Waals surface area contributed by atoms with Gasteiger partial charge in [0, 0.05) is 11.6 Å². The highest BCUT2D eigenvalue weighted by atomic mass is 14.6. The molecule has 2 aromatic rings. The van der Waals surface area contributed by atoms with Crippen LogP contribution in [0.15, 0.2) is 42.6 Å². The van der Waals surface area contributed by atoms with Gasteiger partial charge in [-0.25, -0.2) is 0 Å². The number of fused-ring (bicyclic) bond motifs is 1. The van der Waals surface area contributed by atoms with E-state index in [4.69, 9.17) is 0 Å². The van der Waals surface area contributed by atoms with Crippen molar-refractivity contribution in [1.82, 2.24) is 4.98 Å². The van der Waals surface area contributed by atoms with Gasteiger partial charge in [-0.2, -0.15) is 0 Å². The number of para-hydroxylation sites is 1. The third-order valence-electron chi connectivity index (χ3n) is 3.82. The highest BCUT2D eigenvalue weighted by Gasteiger charge is 2.09. The van der Waals surface area contributed by atoms with Crippen molar-refractivity contribution >= 4 is 17.0 Å². The van der Waals surface area contributed by atoms with Crippen molar-refractivity contribution in [1.29, 1.82) is 0 Å². The minimum atomic E-state index is 0.783. The molecule has 1 nitrogen and oxygen atoms in total. The second kappa shape index (κ2) is 5.34. The van der Waals surface area contributed by atoms with Gasteiger partial charge in [-0.1, -0.05) is 49.6 Å². The lowest BCUT2D eigenvalue weighted by atomic mass is 9.89. The molecule has 1 saturated carbocycles. The van der Waals surface area contributed by atoms with Crippen molar-refractivity contribution in [3.05, 3.63) is 48.2 Å². The number of aromatic nitrogens is 1. The topological polar surface area (TPSA) is 12.9 Å². The van der Waals surface area contributed by atoms with E-state index >= 15 is 0 Å². The Kier molecular flexibility index (Phi) is 3.40. The second-order valence-electron chi connectivity index (χ2n) is 5.22. The Hall–Kier alpha value is -1.63. The maximum absolute atomic E-state index is 4.49. The van der Waals surface area contributed by atoms with Crippen molar-refractivity contribution in [3.8, 4) is 0 Å². The Balaban J connectivity index is 1.79. The minimum Gasteiger partial charge on any atom is -0.256 e. The zero-order valence-corrected chi connectivity index (χ0v) is 10.7. The Morgan fingerprint density at radius 3 is 2.78 bits per heavy atom. The standard InChI is InChI=1S/C17H19N/c1-2-6-14(7-3-1)10-11-15-12-16-8-4-5-9-17(16)18-13-15/h4-5,8-14H,1-3,6-7H2/b11-10+. The largest absolute Gasteiger partial charge is 0.256 e. The molecule has 0 bridgehead atoms. The molecule has 0 aliphatic heterocycles. The summed E-state index contributed by atoms with van der Waals surface area (Å²) in [6.07, 6.45) is 13.5. The first-order valence-electron chi connectivity index (χ1n) is 6.95. The molecule has 1 aliphatic rings. The van der Waals surface area contributed by atoms with Crippen LogP contribution in [0.2, 0.25) is 0 Å². The maximum Gasteiger partial charge on any atom is 0.0702 e. The van der Waals surface area contributed by atoms with Crippen molar-refractivity contribution in [3.63, 3.8) is 0 Å². The number of hydrogen-bond acceptors (Lipinski definition) is 1. The molecule has 92 valence electrons. The summed E-state index contributed by atoms with van der Waals surface area (Å²) in [5, 5.41) is 1.23. The third-order valence-corrected chi connectivity index (χ3v) is 3.82. The number of rotatable bonds is 2. The number of benzene rings is 1. The minimum absolute atomic E-state index is 0.783. The van der Waals surface area contributed by atoms with Gasteiger partial charge in [0.05, 0.1) is 5.52 Å². The van der Waals surface area contributed by atoms with Crippen molar-refractivity contribution in [2.24, 2.45) is 5.92 Å². The van der Waals surface area contributed by atoms with Crippen LogP contribution in [0.5, 0.6) is 0 Å². The van der Waals surface area contributed by atoms with Gasteiger partial charge in [-0.15, -0.1) is 0 Å². The van der Waals surface area contributed by atoms with Crippen LogP contribution in [0.4, 0.5) is 0 Å². The molecule has 1 aliphatic carbocycles. The normalized spacial score (nSPS) is 17.6. The average molecular weight is 237 g/mol. The van der Waals surface area contributed by atoms with Crippen molar-refractivity contribution in [2.45, 2.75) is 32.1 Å². The molecule has 0 saturated heterocycles. The van der Waals surface area contributed by atoms with E-state index in [-0.39, 0.29) is 0 Å². The van der Waals surface area contributed by atoms with Gasteiger partial charge >= 0.3 is 0 Å². The molecule has 1 heterocycles. The highest BCUT2D eigenvalue weighted by molar-refractivity contribution is 5.80. The fraction of sp³-hybridized carbons (Fsp3) is 0.353. The Morgan fingerprint density at radius 1 is 1.06 bits per heavy atom. The van der Waals surface area contributed by atoms with Crippen molar-refractivity contribution < 1.29 is 0 Å². The van der Waals surface area contributed by atoms with E-state index in [1.807, 2.05) is 12.3 Å². The first kappa shape index (κ1) is 11.5. The van der Waals surface area contributed by atoms with E-state index in [1.165, 1.54) is 43.1 Å². The molecule has 18 heavy (non-hydrogen) atoms. The highest BCUT2D eigenvalue weighted by Crippen LogP contribution is 2.25. The van der Waals surface area contributed by atoms with Gasteiger partial charge in [0.15, 0.2) is 0 Å². The Labute approximate surface area is 109 Å². The number of pyridine rings is 1. The lowest BCUT2D eigenvalue weighted by molar-refractivity contribution is 0.420. The van der Waals surface area contributed by atoms with E-state index in [9.17, 15) is 0 Å². The first-order chi connectivity index (χ1) is 8.92. The van der Waals surface area contributed by atoms with Crippen LogP contribution in [0.1, 0.15) is 37.7 Å². The van der Waals surface area contributed by atoms with Crippen LogP contribution >= 0.6 is 0 Å². The molecule has 1 fully saturated rings. The zero-order valence-electron chi connectivity index (χ0n) is 10.7. The molecule has 0 amide bonds. The molecule has 0 unspecified atom stereocenters.